The first kappa shape index (κ1) is 62.5. The summed E-state index contributed by atoms with van der Waals surface area (Å²) in [6.07, 6.45) is -0.499. The van der Waals surface area contributed by atoms with Crippen LogP contribution in [0.3, 0.4) is 0 Å². The minimum atomic E-state index is -4.97. The molecule has 5 aromatic rings. The van der Waals surface area contributed by atoms with Gasteiger partial charge in [-0.2, -0.15) is 23.6 Å². The third-order valence-electron chi connectivity index (χ3n) is 7.69. The fraction of sp³-hybridized carbons (Fsp3) is 0.182. The van der Waals surface area contributed by atoms with Crippen LogP contribution in [0, 0.1) is 0 Å². The summed E-state index contributed by atoms with van der Waals surface area (Å²) in [5, 5.41) is 14.7. The van der Waals surface area contributed by atoms with Gasteiger partial charge >= 0.3 is 88.7 Å². The molecule has 0 aliphatic carbocycles. The monoisotopic (exact) mass is 1140 g/mol. The molecule has 0 saturated heterocycles. The Kier molecular flexibility index (Phi) is 24.7. The Morgan fingerprint density at radius 1 is 0.559 bits per heavy atom. The summed E-state index contributed by atoms with van der Waals surface area (Å²) < 4.78 is 146. The molecule has 348 valence electrons. The number of hydrogen-bond donors (Lipinski definition) is 3. The van der Waals surface area contributed by atoms with Gasteiger partial charge < -0.3 is 28.1 Å². The van der Waals surface area contributed by atoms with Gasteiger partial charge in [0, 0.05) is 23.6 Å². The first-order chi connectivity index (χ1) is 30.2. The fourth-order valence-corrected chi connectivity index (χ4v) is 8.38. The van der Waals surface area contributed by atoms with Crippen LogP contribution in [0.1, 0.15) is 12.8 Å². The van der Waals surface area contributed by atoms with Crippen LogP contribution in [0.15, 0.2) is 101 Å². The molecule has 0 amide bonds. The molecule has 1 heterocycles. The van der Waals surface area contributed by atoms with Gasteiger partial charge in [0.05, 0.1) is 69.8 Å². The number of aromatic nitrogens is 3. The molecule has 0 spiro atoms. The van der Waals surface area contributed by atoms with Crippen LogP contribution in [-0.2, 0) is 40.5 Å². The number of H-pyrrole nitrogens is 2. The molecule has 0 fully saturated rings. The molecule has 0 unspecified atom stereocenters. The van der Waals surface area contributed by atoms with Gasteiger partial charge in [0.25, 0.3) is 10.1 Å². The SMILES string of the molecule is O=S(=O)([O-])CCCOc1cc(N=Nc2ccc(Cl)c(S(=O)(=O)[O-])c2)c(Cl)cc1N=c1nc(Cl)[nH]c(=Nc2cc(Cl)c(N=Nc3ccc(Cl)c(S(=O)(=O)O)c3)cc2OCCCS(=O)(=O)[O-])[nH]1.[Na+].[Na+].[Na+]. The Balaban J connectivity index is 0.00000529. The van der Waals surface area contributed by atoms with Gasteiger partial charge in [-0.05, 0) is 73.0 Å². The zero-order valence-corrected chi connectivity index (χ0v) is 48.0. The van der Waals surface area contributed by atoms with Crippen LogP contribution in [0.4, 0.5) is 34.1 Å². The number of benzene rings is 4. The van der Waals surface area contributed by atoms with E-state index in [-0.39, 0.29) is 197 Å². The van der Waals surface area contributed by atoms with Crippen molar-refractivity contribution in [2.75, 3.05) is 24.7 Å². The van der Waals surface area contributed by atoms with Crippen molar-refractivity contribution in [3.8, 4) is 11.5 Å². The summed E-state index contributed by atoms with van der Waals surface area (Å²) in [6, 6.07) is 11.5. The van der Waals surface area contributed by atoms with E-state index in [0.717, 1.165) is 24.3 Å². The Bertz CT molecular complexity index is 3120. The summed E-state index contributed by atoms with van der Waals surface area (Å²) in [5.74, 6) is -1.77. The van der Waals surface area contributed by atoms with Crippen LogP contribution in [0.2, 0.25) is 25.4 Å². The maximum absolute atomic E-state index is 11.7. The van der Waals surface area contributed by atoms with Crippen molar-refractivity contribution in [2.24, 2.45) is 30.4 Å². The molecule has 4 aromatic carbocycles. The second kappa shape index (κ2) is 26.9. The van der Waals surface area contributed by atoms with Gasteiger partial charge in [-0.15, -0.1) is 10.2 Å². The number of rotatable bonds is 18. The molecule has 3 N–H and O–H groups in total. The molecule has 23 nitrogen and oxygen atoms in total. The predicted molar refractivity (Wildman–Crippen MR) is 230 cm³/mol. The number of aromatic amines is 2. The van der Waals surface area contributed by atoms with E-state index in [0.29, 0.717) is 0 Å². The number of nitrogens with zero attached hydrogens (tertiary/aromatic N) is 7. The van der Waals surface area contributed by atoms with E-state index in [4.69, 9.17) is 67.5 Å². The summed E-state index contributed by atoms with van der Waals surface area (Å²) in [7, 11) is -18.9. The summed E-state index contributed by atoms with van der Waals surface area (Å²) in [6.45, 7) is -0.666. The Morgan fingerprint density at radius 3 is 1.44 bits per heavy atom. The fourth-order valence-electron chi connectivity index (χ4n) is 4.91. The van der Waals surface area contributed by atoms with Crippen molar-refractivity contribution < 1.29 is 150 Å². The Morgan fingerprint density at radius 2 is 1.00 bits per heavy atom. The molecule has 68 heavy (non-hydrogen) atoms. The van der Waals surface area contributed by atoms with Crippen molar-refractivity contribution in [3.05, 3.63) is 97.3 Å². The van der Waals surface area contributed by atoms with E-state index in [1.165, 1.54) is 36.4 Å². The number of ether oxygens (including phenoxy) is 2. The van der Waals surface area contributed by atoms with Crippen LogP contribution in [0.5, 0.6) is 11.5 Å². The van der Waals surface area contributed by atoms with Gasteiger partial charge in [-0.1, -0.05) is 46.4 Å². The van der Waals surface area contributed by atoms with E-state index >= 15 is 0 Å². The third kappa shape index (κ3) is 19.8. The van der Waals surface area contributed by atoms with E-state index in [1.807, 2.05) is 0 Å². The molecule has 0 saturated carbocycles. The van der Waals surface area contributed by atoms with Crippen molar-refractivity contribution in [1.82, 2.24) is 15.0 Å². The molecule has 0 radical (unpaired) electrons. The zero-order chi connectivity index (χ0) is 47.9. The van der Waals surface area contributed by atoms with Crippen LogP contribution < -0.4 is 109 Å². The minimum absolute atomic E-state index is 0. The summed E-state index contributed by atoms with van der Waals surface area (Å²) in [5.41, 5.74) is -0.948. The Labute approximate surface area is 478 Å². The Hall–Kier alpha value is -1.62. The molecular weight excluding hydrogens is 1120 g/mol. The van der Waals surface area contributed by atoms with E-state index in [9.17, 15) is 51.9 Å². The van der Waals surface area contributed by atoms with E-state index in [1.54, 1.807) is 0 Å². The molecule has 0 aliphatic heterocycles. The van der Waals surface area contributed by atoms with Crippen molar-refractivity contribution in [2.45, 2.75) is 22.6 Å². The first-order valence-electron chi connectivity index (χ1n) is 17.4. The average Bonchev–Trinajstić information content (AvgIpc) is 3.17. The minimum Gasteiger partial charge on any atom is -0.748 e. The number of nitrogens with one attached hydrogen (secondary N) is 2. The third-order valence-corrected chi connectivity index (χ3v) is 12.7. The number of hydrogen-bond acceptors (Lipinski definition) is 20. The summed E-state index contributed by atoms with van der Waals surface area (Å²) in [4.78, 5) is 16.8. The molecule has 0 aliphatic rings. The van der Waals surface area contributed by atoms with Crippen LogP contribution in [-0.4, -0.2) is 91.6 Å². The molecule has 5 rings (SSSR count). The number of azo groups is 2. The average molecular weight is 1150 g/mol. The molecular formula is C33H25Cl5N9Na3O14S4. The molecule has 35 heteroatoms. The maximum Gasteiger partial charge on any atom is 1.00 e. The summed E-state index contributed by atoms with van der Waals surface area (Å²) >= 11 is 31.0. The largest absolute Gasteiger partial charge is 1.00 e. The molecule has 0 bridgehead atoms. The molecule has 0 atom stereocenters. The molecule has 1 aromatic heterocycles. The van der Waals surface area contributed by atoms with Crippen molar-refractivity contribution in [1.29, 1.82) is 0 Å². The normalized spacial score (nSPS) is 12.7. The quantitative estimate of drug-likeness (QED) is 0.0373. The van der Waals surface area contributed by atoms with Crippen LogP contribution in [0.25, 0.3) is 0 Å². The van der Waals surface area contributed by atoms with Gasteiger partial charge in [-0.25, -0.2) is 35.2 Å². The van der Waals surface area contributed by atoms with Gasteiger partial charge in [-0.3, -0.25) is 9.54 Å². The second-order valence-corrected chi connectivity index (χ2v) is 20.3. The van der Waals surface area contributed by atoms with E-state index in [2.05, 4.69) is 45.4 Å². The van der Waals surface area contributed by atoms with Gasteiger partial charge in [0.2, 0.25) is 16.5 Å². The van der Waals surface area contributed by atoms with Crippen molar-refractivity contribution in [3.63, 3.8) is 0 Å². The number of halogens is 5. The zero-order valence-electron chi connectivity index (χ0n) is 34.9. The standard InChI is InChI=1S/C33H28Cl5N9O14S4.3Na/c34-19-5-3-17(11-29(19)64(54,55)56)44-46-23-15-27(60-7-1-9-62(48,49)50)25(13-21(23)36)39-32-41-31(38)42-33(43-32)40-26-14-22(37)24(16-28(26)61-8-2-10-63(51,52)53)47-45-18-4-6-20(35)30(12-18)65(57,58)59;;;/h3-6,11-16H,1-2,7-10H2,(H,48,49,50)(H,51,52,53)(H,54,55,56)(H,57,58,59)(H2,39,40,41,42,43);;;/q;3*+1/p-3. The van der Waals surface area contributed by atoms with Crippen LogP contribution >= 0.6 is 58.0 Å². The van der Waals surface area contributed by atoms with Gasteiger partial charge in [0.15, 0.2) is 0 Å². The predicted octanol–water partition coefficient (Wildman–Crippen LogP) is -1.91. The van der Waals surface area contributed by atoms with E-state index < -0.39 is 61.8 Å². The topological polar surface area (TPSA) is 363 Å². The first-order valence-corrected chi connectivity index (χ1v) is 25.2. The van der Waals surface area contributed by atoms with Crippen molar-refractivity contribution >= 4 is 133 Å². The second-order valence-electron chi connectivity index (χ2n) is 12.6. The van der Waals surface area contributed by atoms with Gasteiger partial charge in [0.1, 0.15) is 49.3 Å². The maximum atomic E-state index is 11.7. The smallest absolute Gasteiger partial charge is 0.748 e.